The van der Waals surface area contributed by atoms with Crippen LogP contribution in [0.2, 0.25) is 5.02 Å². The Morgan fingerprint density at radius 2 is 1.96 bits per heavy atom. The molecule has 0 radical (unpaired) electrons. The summed E-state index contributed by atoms with van der Waals surface area (Å²) in [4.78, 5) is 13.6. The van der Waals surface area contributed by atoms with Crippen LogP contribution in [-0.2, 0) is 19.6 Å². The lowest BCUT2D eigenvalue weighted by molar-refractivity contribution is -0.129. The van der Waals surface area contributed by atoms with Gasteiger partial charge in [-0.2, -0.15) is 0 Å². The van der Waals surface area contributed by atoms with Crippen LogP contribution in [0.1, 0.15) is 0 Å². The molecule has 1 heterocycles. The molecule has 0 saturated carbocycles. The van der Waals surface area contributed by atoms with E-state index in [0.717, 1.165) is 12.1 Å². The minimum atomic E-state index is -3.80. The maximum Gasteiger partial charge on any atom is 0.253 e. The third kappa shape index (κ3) is 4.39. The van der Waals surface area contributed by atoms with Crippen molar-refractivity contribution in [1.82, 2.24) is 4.72 Å². The van der Waals surface area contributed by atoms with Crippen molar-refractivity contribution in [2.24, 2.45) is 0 Å². The van der Waals surface area contributed by atoms with Crippen molar-refractivity contribution in [3.05, 3.63) is 59.4 Å². The van der Waals surface area contributed by atoms with Gasteiger partial charge in [0.1, 0.15) is 12.4 Å². The van der Waals surface area contributed by atoms with Crippen molar-refractivity contribution in [2.45, 2.75) is 11.0 Å². The number of carbonyl (C=O) groups excluding carboxylic acids is 1. The van der Waals surface area contributed by atoms with Gasteiger partial charge in [0.2, 0.25) is 10.0 Å². The predicted octanol–water partition coefficient (Wildman–Crippen LogP) is 2.19. The molecule has 3 rings (SSSR count). The smallest absolute Gasteiger partial charge is 0.253 e. The molecule has 138 valence electrons. The van der Waals surface area contributed by atoms with Crippen LogP contribution in [-0.4, -0.2) is 40.1 Å². The summed E-state index contributed by atoms with van der Waals surface area (Å²) < 4.78 is 45.3. The molecule has 1 amide bonds. The molecule has 1 atom stereocenters. The number of amides is 1. The molecule has 0 aromatic heterocycles. The fourth-order valence-electron chi connectivity index (χ4n) is 2.54. The second-order valence-electron chi connectivity index (χ2n) is 5.72. The van der Waals surface area contributed by atoms with Crippen molar-refractivity contribution in [3.8, 4) is 0 Å². The molecule has 1 fully saturated rings. The van der Waals surface area contributed by atoms with Gasteiger partial charge >= 0.3 is 0 Å². The lowest BCUT2D eigenvalue weighted by Crippen LogP contribution is -2.50. The number of hydrogen-bond donors (Lipinski definition) is 1. The molecule has 1 unspecified atom stereocenters. The maximum atomic E-state index is 12.9. The van der Waals surface area contributed by atoms with Gasteiger partial charge in [0.05, 0.1) is 17.5 Å². The number of benzene rings is 2. The van der Waals surface area contributed by atoms with Gasteiger partial charge in [-0.1, -0.05) is 17.7 Å². The van der Waals surface area contributed by atoms with Crippen molar-refractivity contribution in [2.75, 3.05) is 24.6 Å². The zero-order valence-corrected chi connectivity index (χ0v) is 15.1. The van der Waals surface area contributed by atoms with Gasteiger partial charge in [0, 0.05) is 17.3 Å². The molecule has 1 N–H and O–H groups in total. The van der Waals surface area contributed by atoms with Crippen LogP contribution in [0.3, 0.4) is 0 Å². The molecule has 2 aromatic rings. The fraction of sp³-hybridized carbons (Fsp3) is 0.235. The predicted molar refractivity (Wildman–Crippen MR) is 95.1 cm³/mol. The number of halogens is 2. The Kier molecular flexibility index (Phi) is 5.57. The van der Waals surface area contributed by atoms with E-state index in [9.17, 15) is 17.6 Å². The lowest BCUT2D eigenvalue weighted by atomic mass is 10.2. The third-order valence-corrected chi connectivity index (χ3v) is 5.55. The quantitative estimate of drug-likeness (QED) is 0.837. The van der Waals surface area contributed by atoms with Gasteiger partial charge in [-0.3, -0.25) is 4.79 Å². The Labute approximate surface area is 155 Å². The molecule has 0 spiro atoms. The van der Waals surface area contributed by atoms with Gasteiger partial charge in [0.25, 0.3) is 5.91 Å². The Bertz CT molecular complexity index is 905. The van der Waals surface area contributed by atoms with E-state index < -0.39 is 21.9 Å². The highest BCUT2D eigenvalue weighted by atomic mass is 35.5. The molecular formula is C17H16ClFN2O4S. The van der Waals surface area contributed by atoms with E-state index in [2.05, 4.69) is 4.72 Å². The fourth-order valence-corrected chi connectivity index (χ4v) is 3.79. The molecule has 26 heavy (non-hydrogen) atoms. The Hall–Kier alpha value is -2.00. The second kappa shape index (κ2) is 7.71. The second-order valence-corrected chi connectivity index (χ2v) is 7.93. The molecule has 0 aliphatic carbocycles. The van der Waals surface area contributed by atoms with Gasteiger partial charge < -0.3 is 9.64 Å². The largest absolute Gasteiger partial charge is 0.365 e. The molecule has 1 aliphatic rings. The highest BCUT2D eigenvalue weighted by Crippen LogP contribution is 2.22. The van der Waals surface area contributed by atoms with Crippen LogP contribution in [0, 0.1) is 5.82 Å². The van der Waals surface area contributed by atoms with Gasteiger partial charge in [-0.15, -0.1) is 0 Å². The molecule has 9 heteroatoms. The maximum absolute atomic E-state index is 12.9. The summed E-state index contributed by atoms with van der Waals surface area (Å²) in [6, 6.07) is 11.3. The number of nitrogens with one attached hydrogen (secondary N) is 1. The summed E-state index contributed by atoms with van der Waals surface area (Å²) in [6.07, 6.45) is -0.526. The number of rotatable bonds is 5. The molecular weight excluding hydrogens is 383 g/mol. The number of hydrogen-bond acceptors (Lipinski definition) is 4. The minimum absolute atomic E-state index is 0.0238. The summed E-state index contributed by atoms with van der Waals surface area (Å²) in [5.41, 5.74) is 0.622. The van der Waals surface area contributed by atoms with Gasteiger partial charge in [-0.05, 0) is 42.5 Å². The lowest BCUT2D eigenvalue weighted by Gasteiger charge is -2.32. The average molecular weight is 399 g/mol. The van der Waals surface area contributed by atoms with E-state index in [1.165, 1.54) is 17.0 Å². The topological polar surface area (TPSA) is 75.7 Å². The minimum Gasteiger partial charge on any atom is -0.365 e. The summed E-state index contributed by atoms with van der Waals surface area (Å²) >= 11 is 5.96. The molecule has 2 aromatic carbocycles. The number of morpholine rings is 1. The van der Waals surface area contributed by atoms with E-state index in [0.29, 0.717) is 10.7 Å². The first-order valence-corrected chi connectivity index (χ1v) is 9.64. The Balaban J connectivity index is 1.67. The van der Waals surface area contributed by atoms with Crippen LogP contribution in [0.4, 0.5) is 10.1 Å². The van der Waals surface area contributed by atoms with Crippen molar-refractivity contribution < 1.29 is 22.3 Å². The van der Waals surface area contributed by atoms with Crippen LogP contribution in [0.5, 0.6) is 0 Å². The summed E-state index contributed by atoms with van der Waals surface area (Å²) in [5.74, 6) is -0.750. The van der Waals surface area contributed by atoms with E-state index in [1.54, 1.807) is 24.3 Å². The molecule has 1 aliphatic heterocycles. The standard InChI is InChI=1S/C17H16ClFN2O4S/c18-12-2-1-3-14(8-12)21-10-15(25-11-17(21)22)9-20-26(23,24)16-6-4-13(19)5-7-16/h1-8,15,20H,9-11H2. The molecule has 6 nitrogen and oxygen atoms in total. The average Bonchev–Trinajstić information content (AvgIpc) is 2.61. The van der Waals surface area contributed by atoms with E-state index in [4.69, 9.17) is 16.3 Å². The summed E-state index contributed by atoms with van der Waals surface area (Å²) in [5, 5.41) is 0.496. The van der Waals surface area contributed by atoms with Crippen molar-refractivity contribution >= 4 is 33.2 Å². The first kappa shape index (κ1) is 18.8. The monoisotopic (exact) mass is 398 g/mol. The number of sulfonamides is 1. The summed E-state index contributed by atoms with van der Waals surface area (Å²) in [6.45, 7) is 0.00459. The SMILES string of the molecule is O=C1COC(CNS(=O)(=O)c2ccc(F)cc2)CN1c1cccc(Cl)c1. The van der Waals surface area contributed by atoms with Crippen molar-refractivity contribution in [3.63, 3.8) is 0 Å². The van der Waals surface area contributed by atoms with Crippen LogP contribution in [0.25, 0.3) is 0 Å². The zero-order valence-electron chi connectivity index (χ0n) is 13.6. The Morgan fingerprint density at radius 1 is 1.23 bits per heavy atom. The number of carbonyl (C=O) groups is 1. The summed E-state index contributed by atoms with van der Waals surface area (Å²) in [7, 11) is -3.80. The highest BCUT2D eigenvalue weighted by molar-refractivity contribution is 7.89. The first-order chi connectivity index (χ1) is 12.3. The molecule has 0 bridgehead atoms. The number of nitrogens with zero attached hydrogens (tertiary/aromatic N) is 1. The molecule has 1 saturated heterocycles. The number of anilines is 1. The highest BCUT2D eigenvalue weighted by Gasteiger charge is 2.28. The zero-order chi connectivity index (χ0) is 18.7. The Morgan fingerprint density at radius 3 is 2.65 bits per heavy atom. The van der Waals surface area contributed by atoms with E-state index in [-0.39, 0.29) is 30.5 Å². The van der Waals surface area contributed by atoms with Gasteiger partial charge in [-0.25, -0.2) is 17.5 Å². The van der Waals surface area contributed by atoms with Crippen molar-refractivity contribution in [1.29, 1.82) is 0 Å². The van der Waals surface area contributed by atoms with Crippen LogP contribution >= 0.6 is 11.6 Å². The van der Waals surface area contributed by atoms with Crippen LogP contribution in [0.15, 0.2) is 53.4 Å². The number of ether oxygens (including phenoxy) is 1. The normalized spacial score (nSPS) is 18.2. The van der Waals surface area contributed by atoms with E-state index >= 15 is 0 Å². The van der Waals surface area contributed by atoms with Crippen LogP contribution < -0.4 is 9.62 Å². The first-order valence-electron chi connectivity index (χ1n) is 7.78. The van der Waals surface area contributed by atoms with E-state index in [1.807, 2.05) is 0 Å². The third-order valence-electron chi connectivity index (χ3n) is 3.87. The van der Waals surface area contributed by atoms with Gasteiger partial charge in [0.15, 0.2) is 0 Å².